The molecule has 0 spiro atoms. The molecule has 1 heterocycles. The van der Waals surface area contributed by atoms with Crippen LogP contribution in [0.4, 0.5) is 11.6 Å². The molecule has 5 heteroatoms. The molecule has 1 atom stereocenters. The molecule has 0 saturated carbocycles. The Bertz CT molecular complexity index is 330. The minimum Gasteiger partial charge on any atom is -0.373 e. The van der Waals surface area contributed by atoms with Crippen molar-refractivity contribution in [3.63, 3.8) is 0 Å². The Labute approximate surface area is 102 Å². The average molecular weight is 240 g/mol. The lowest BCUT2D eigenvalue weighted by Gasteiger charge is -2.16. The second kappa shape index (κ2) is 6.58. The summed E-state index contributed by atoms with van der Waals surface area (Å²) in [6.45, 7) is 6.36. The number of thioether (sulfide) groups is 1. The van der Waals surface area contributed by atoms with Gasteiger partial charge in [0.25, 0.3) is 0 Å². The van der Waals surface area contributed by atoms with Crippen LogP contribution in [0.5, 0.6) is 0 Å². The third kappa shape index (κ3) is 3.56. The minimum absolute atomic E-state index is 0.420. The molecule has 0 amide bonds. The van der Waals surface area contributed by atoms with Crippen LogP contribution >= 0.6 is 11.8 Å². The zero-order valence-corrected chi connectivity index (χ0v) is 11.2. The van der Waals surface area contributed by atoms with Crippen LogP contribution in [0, 0.1) is 6.92 Å². The summed E-state index contributed by atoms with van der Waals surface area (Å²) in [6, 6.07) is 0.420. The predicted molar refractivity (Wildman–Crippen MR) is 72.4 cm³/mol. The maximum Gasteiger partial charge on any atom is 0.134 e. The summed E-state index contributed by atoms with van der Waals surface area (Å²) in [7, 11) is 1.87. The smallest absolute Gasteiger partial charge is 0.134 e. The van der Waals surface area contributed by atoms with Crippen molar-refractivity contribution in [1.29, 1.82) is 0 Å². The minimum atomic E-state index is 0.420. The Morgan fingerprint density at radius 1 is 1.38 bits per heavy atom. The Morgan fingerprint density at radius 2 is 2.06 bits per heavy atom. The molecule has 1 aromatic rings. The topological polar surface area (TPSA) is 49.8 Å². The summed E-state index contributed by atoms with van der Waals surface area (Å²) >= 11 is 1.93. The van der Waals surface area contributed by atoms with Gasteiger partial charge in [-0.05, 0) is 19.6 Å². The Balaban J connectivity index is 2.66. The van der Waals surface area contributed by atoms with E-state index in [2.05, 4.69) is 34.4 Å². The van der Waals surface area contributed by atoms with Gasteiger partial charge in [-0.1, -0.05) is 6.92 Å². The predicted octanol–water partition coefficient (Wildman–Crippen LogP) is 2.38. The molecule has 0 aliphatic rings. The van der Waals surface area contributed by atoms with Crippen LogP contribution in [0.2, 0.25) is 0 Å². The van der Waals surface area contributed by atoms with Crippen LogP contribution in [0.3, 0.4) is 0 Å². The highest BCUT2D eigenvalue weighted by Gasteiger charge is 2.08. The van der Waals surface area contributed by atoms with E-state index in [9.17, 15) is 0 Å². The number of rotatable bonds is 6. The van der Waals surface area contributed by atoms with Crippen LogP contribution in [-0.2, 0) is 0 Å². The maximum absolute atomic E-state index is 4.26. The highest BCUT2D eigenvalue weighted by Crippen LogP contribution is 2.18. The number of nitrogens with zero attached hydrogens (tertiary/aromatic N) is 2. The van der Waals surface area contributed by atoms with E-state index in [1.54, 1.807) is 6.33 Å². The van der Waals surface area contributed by atoms with Crippen molar-refractivity contribution in [2.24, 2.45) is 0 Å². The third-order valence-corrected chi connectivity index (χ3v) is 3.42. The molecule has 90 valence electrons. The number of hydrogen-bond donors (Lipinski definition) is 2. The van der Waals surface area contributed by atoms with Gasteiger partial charge in [0.05, 0.1) is 0 Å². The average Bonchev–Trinajstić information content (AvgIpc) is 2.29. The van der Waals surface area contributed by atoms with Crippen LogP contribution in [0.25, 0.3) is 0 Å². The second-order valence-corrected chi connectivity index (χ2v) is 4.97. The first-order valence-corrected chi connectivity index (χ1v) is 6.68. The van der Waals surface area contributed by atoms with E-state index < -0.39 is 0 Å². The molecule has 1 aromatic heterocycles. The van der Waals surface area contributed by atoms with Crippen molar-refractivity contribution in [3.05, 3.63) is 11.9 Å². The van der Waals surface area contributed by atoms with E-state index in [1.807, 2.05) is 25.7 Å². The normalized spacial score (nSPS) is 12.2. The number of hydrogen-bond acceptors (Lipinski definition) is 5. The Hall–Kier alpha value is -0.970. The van der Waals surface area contributed by atoms with Gasteiger partial charge in [0.1, 0.15) is 18.0 Å². The van der Waals surface area contributed by atoms with Gasteiger partial charge in [0.2, 0.25) is 0 Å². The summed E-state index contributed by atoms with van der Waals surface area (Å²) < 4.78 is 0. The highest BCUT2D eigenvalue weighted by atomic mass is 32.2. The van der Waals surface area contributed by atoms with Gasteiger partial charge < -0.3 is 10.6 Å². The molecule has 0 fully saturated rings. The monoisotopic (exact) mass is 240 g/mol. The first-order valence-electron chi connectivity index (χ1n) is 5.52. The van der Waals surface area contributed by atoms with E-state index in [-0.39, 0.29) is 0 Å². The quantitative estimate of drug-likeness (QED) is 0.799. The van der Waals surface area contributed by atoms with Gasteiger partial charge >= 0.3 is 0 Å². The number of anilines is 2. The lowest BCUT2D eigenvalue weighted by molar-refractivity contribution is 0.894. The van der Waals surface area contributed by atoms with Gasteiger partial charge in [-0.15, -0.1) is 0 Å². The SMILES string of the molecule is CCSCC(C)Nc1ncnc(NC)c1C. The van der Waals surface area contributed by atoms with Gasteiger partial charge in [0.15, 0.2) is 0 Å². The highest BCUT2D eigenvalue weighted by molar-refractivity contribution is 7.99. The summed E-state index contributed by atoms with van der Waals surface area (Å²) in [6.07, 6.45) is 1.58. The standard InChI is InChI=1S/C11H20N4S/c1-5-16-6-8(2)15-11-9(3)10(12-4)13-7-14-11/h7-8H,5-6H2,1-4H3,(H2,12,13,14,15). The lowest BCUT2D eigenvalue weighted by Crippen LogP contribution is -2.20. The van der Waals surface area contributed by atoms with Crippen molar-refractivity contribution in [3.8, 4) is 0 Å². The summed E-state index contributed by atoms with van der Waals surface area (Å²) in [5.74, 6) is 4.04. The van der Waals surface area contributed by atoms with E-state index >= 15 is 0 Å². The first-order chi connectivity index (χ1) is 7.69. The lowest BCUT2D eigenvalue weighted by atomic mass is 10.3. The zero-order valence-electron chi connectivity index (χ0n) is 10.4. The second-order valence-electron chi connectivity index (χ2n) is 3.65. The van der Waals surface area contributed by atoms with Crippen molar-refractivity contribution in [2.45, 2.75) is 26.8 Å². The van der Waals surface area contributed by atoms with E-state index in [0.29, 0.717) is 6.04 Å². The molecule has 1 unspecified atom stereocenters. The third-order valence-electron chi connectivity index (χ3n) is 2.28. The van der Waals surface area contributed by atoms with Gasteiger partial charge in [-0.3, -0.25) is 0 Å². The molecular formula is C11H20N4S. The van der Waals surface area contributed by atoms with Crippen molar-refractivity contribution >= 4 is 23.4 Å². The molecule has 0 saturated heterocycles. The number of nitrogens with one attached hydrogen (secondary N) is 2. The largest absolute Gasteiger partial charge is 0.373 e. The van der Waals surface area contributed by atoms with Crippen molar-refractivity contribution < 1.29 is 0 Å². The molecule has 0 aliphatic carbocycles. The van der Waals surface area contributed by atoms with Crippen LogP contribution in [0.15, 0.2) is 6.33 Å². The molecule has 0 radical (unpaired) electrons. The molecule has 0 aromatic carbocycles. The molecule has 0 bridgehead atoms. The zero-order chi connectivity index (χ0) is 12.0. The Morgan fingerprint density at radius 3 is 2.69 bits per heavy atom. The van der Waals surface area contributed by atoms with Crippen LogP contribution < -0.4 is 10.6 Å². The number of aromatic nitrogens is 2. The fraction of sp³-hybridized carbons (Fsp3) is 0.636. The summed E-state index contributed by atoms with van der Waals surface area (Å²) in [5.41, 5.74) is 1.07. The molecule has 2 N–H and O–H groups in total. The van der Waals surface area contributed by atoms with Crippen LogP contribution in [-0.4, -0.2) is 34.6 Å². The molecule has 1 rings (SSSR count). The van der Waals surface area contributed by atoms with E-state index in [4.69, 9.17) is 0 Å². The van der Waals surface area contributed by atoms with Gasteiger partial charge in [-0.25, -0.2) is 9.97 Å². The molecular weight excluding hydrogens is 220 g/mol. The molecule has 4 nitrogen and oxygen atoms in total. The maximum atomic E-state index is 4.26. The fourth-order valence-electron chi connectivity index (χ4n) is 1.42. The summed E-state index contributed by atoms with van der Waals surface area (Å²) in [5, 5.41) is 6.46. The van der Waals surface area contributed by atoms with Gasteiger partial charge in [-0.2, -0.15) is 11.8 Å². The van der Waals surface area contributed by atoms with Gasteiger partial charge in [0, 0.05) is 24.4 Å². The van der Waals surface area contributed by atoms with Crippen molar-refractivity contribution in [1.82, 2.24) is 9.97 Å². The van der Waals surface area contributed by atoms with Crippen LogP contribution in [0.1, 0.15) is 19.4 Å². The molecule has 0 aliphatic heterocycles. The Kier molecular flexibility index (Phi) is 5.38. The van der Waals surface area contributed by atoms with Crippen molar-refractivity contribution in [2.75, 3.05) is 29.2 Å². The fourth-order valence-corrected chi connectivity index (χ4v) is 2.09. The first kappa shape index (κ1) is 13.1. The molecule has 16 heavy (non-hydrogen) atoms. The van der Waals surface area contributed by atoms with E-state index in [0.717, 1.165) is 28.7 Å². The van der Waals surface area contributed by atoms with E-state index in [1.165, 1.54) is 0 Å². The summed E-state index contributed by atoms with van der Waals surface area (Å²) in [4.78, 5) is 8.42.